The van der Waals surface area contributed by atoms with E-state index in [1.807, 2.05) is 0 Å². The quantitative estimate of drug-likeness (QED) is 0.532. The molecular formula is C4H3FO2. The van der Waals surface area contributed by atoms with Crippen LogP contribution < -0.4 is 0 Å². The van der Waals surface area contributed by atoms with Crippen LogP contribution in [0.3, 0.4) is 0 Å². The molecule has 0 aromatic carbocycles. The van der Waals surface area contributed by atoms with Crippen molar-refractivity contribution in [2.75, 3.05) is 0 Å². The molecule has 0 bridgehead atoms. The fraction of sp³-hybridized carbons (Fsp3) is 0. The Kier molecular flexibility index (Phi) is 0.749. The van der Waals surface area contributed by atoms with E-state index in [0.717, 1.165) is 12.1 Å². The van der Waals surface area contributed by atoms with Gasteiger partial charge in [0, 0.05) is 12.1 Å². The van der Waals surface area contributed by atoms with Crippen LogP contribution in [0.2, 0.25) is 0 Å². The molecule has 0 aliphatic carbocycles. The summed E-state index contributed by atoms with van der Waals surface area (Å²) in [5.74, 6) is -0.391. The molecule has 1 aromatic heterocycles. The third kappa shape index (κ3) is 0.707. The highest BCUT2D eigenvalue weighted by atomic mass is 19.1. The van der Waals surface area contributed by atoms with E-state index in [1.165, 1.54) is 0 Å². The minimum Gasteiger partial charge on any atom is -0.481 e. The highest BCUT2D eigenvalue weighted by Crippen LogP contribution is 2.10. The molecule has 0 unspecified atom stereocenters. The third-order valence-electron chi connectivity index (χ3n) is 0.559. The number of aromatic hydroxyl groups is 1. The SMILES string of the molecule is Oc1ccc(F)o1. The fourth-order valence-electron chi connectivity index (χ4n) is 0.305. The lowest BCUT2D eigenvalue weighted by Gasteiger charge is -1.72. The molecule has 0 atom stereocenters. The number of rotatable bonds is 0. The molecule has 2 nitrogen and oxygen atoms in total. The van der Waals surface area contributed by atoms with Crippen molar-refractivity contribution in [2.45, 2.75) is 0 Å². The summed E-state index contributed by atoms with van der Waals surface area (Å²) in [6, 6.07) is 1.41. The van der Waals surface area contributed by atoms with E-state index < -0.39 is 12.0 Å². The first kappa shape index (κ1) is 4.18. The third-order valence-corrected chi connectivity index (χ3v) is 0.559. The summed E-state index contributed by atoms with van der Waals surface area (Å²) < 4.78 is 15.6. The number of hydrogen-bond acceptors (Lipinski definition) is 2. The lowest BCUT2D eigenvalue weighted by Crippen LogP contribution is -1.51. The van der Waals surface area contributed by atoms with E-state index in [2.05, 4.69) is 4.42 Å². The first-order valence-electron chi connectivity index (χ1n) is 1.73. The number of halogens is 1. The Bertz CT molecular complexity index is 142. The van der Waals surface area contributed by atoms with Crippen LogP contribution in [0.15, 0.2) is 16.5 Å². The van der Waals surface area contributed by atoms with Gasteiger partial charge in [0.15, 0.2) is 0 Å². The lowest BCUT2D eigenvalue weighted by atomic mass is 10.6. The molecule has 1 rings (SSSR count). The van der Waals surface area contributed by atoms with Gasteiger partial charge in [-0.3, -0.25) is 0 Å². The minimum atomic E-state index is -0.766. The molecule has 7 heavy (non-hydrogen) atoms. The van der Waals surface area contributed by atoms with Gasteiger partial charge in [0.2, 0.25) is 0 Å². The second-order valence-corrected chi connectivity index (χ2v) is 1.08. The van der Waals surface area contributed by atoms with Gasteiger partial charge >= 0.3 is 0 Å². The van der Waals surface area contributed by atoms with Crippen molar-refractivity contribution in [3.05, 3.63) is 18.1 Å². The zero-order chi connectivity index (χ0) is 5.28. The van der Waals surface area contributed by atoms with E-state index in [1.54, 1.807) is 0 Å². The standard InChI is InChI=1S/C4H3FO2/c5-3-1-2-4(6)7-3/h1-2,6H. The Morgan fingerprint density at radius 3 is 2.43 bits per heavy atom. The maximum absolute atomic E-state index is 11.6. The van der Waals surface area contributed by atoms with Crippen LogP contribution in [0.5, 0.6) is 5.95 Å². The second kappa shape index (κ2) is 1.26. The van der Waals surface area contributed by atoms with Crippen molar-refractivity contribution in [3.63, 3.8) is 0 Å². The number of furan rings is 1. The minimum absolute atomic E-state index is 0.391. The van der Waals surface area contributed by atoms with Gasteiger partial charge in [-0.25, -0.2) is 0 Å². The summed E-state index contributed by atoms with van der Waals surface area (Å²) in [6.45, 7) is 0. The van der Waals surface area contributed by atoms with Crippen molar-refractivity contribution in [1.82, 2.24) is 0 Å². The van der Waals surface area contributed by atoms with Crippen LogP contribution in [0.25, 0.3) is 0 Å². The van der Waals surface area contributed by atoms with Gasteiger partial charge in [-0.05, 0) is 0 Å². The molecule has 0 fully saturated rings. The Balaban J connectivity index is 3.04. The molecule has 38 valence electrons. The second-order valence-electron chi connectivity index (χ2n) is 1.08. The highest BCUT2D eigenvalue weighted by Gasteiger charge is 1.92. The first-order valence-corrected chi connectivity index (χ1v) is 1.73. The lowest BCUT2D eigenvalue weighted by molar-refractivity contribution is 0.266. The molecule has 3 heteroatoms. The van der Waals surface area contributed by atoms with Gasteiger partial charge in [-0.2, -0.15) is 4.39 Å². The fourth-order valence-corrected chi connectivity index (χ4v) is 0.305. The Labute approximate surface area is 39.2 Å². The predicted octanol–water partition coefficient (Wildman–Crippen LogP) is 1.12. The van der Waals surface area contributed by atoms with Gasteiger partial charge in [0.25, 0.3) is 12.0 Å². The molecule has 1 heterocycles. The number of hydrogen-bond donors (Lipinski definition) is 1. The molecule has 0 spiro atoms. The molecule has 0 saturated carbocycles. The summed E-state index contributed by atoms with van der Waals surface area (Å²) in [5.41, 5.74) is 0. The van der Waals surface area contributed by atoms with Crippen LogP contribution >= 0.6 is 0 Å². The Morgan fingerprint density at radius 1 is 1.57 bits per heavy atom. The molecule has 0 saturated heterocycles. The van der Waals surface area contributed by atoms with Crippen LogP contribution in [-0.4, -0.2) is 5.11 Å². The monoisotopic (exact) mass is 102 g/mol. The van der Waals surface area contributed by atoms with Crippen molar-refractivity contribution < 1.29 is 13.9 Å². The van der Waals surface area contributed by atoms with E-state index in [0.29, 0.717) is 0 Å². The van der Waals surface area contributed by atoms with Gasteiger partial charge in [0.05, 0.1) is 0 Å². The topological polar surface area (TPSA) is 33.4 Å². The summed E-state index contributed by atoms with van der Waals surface area (Å²) in [5, 5.41) is 8.25. The van der Waals surface area contributed by atoms with Crippen molar-refractivity contribution in [2.24, 2.45) is 0 Å². The average molecular weight is 102 g/mol. The Hall–Kier alpha value is -0.990. The highest BCUT2D eigenvalue weighted by molar-refractivity contribution is 5.02. The van der Waals surface area contributed by atoms with Crippen molar-refractivity contribution >= 4 is 0 Å². The molecule has 1 N–H and O–H groups in total. The van der Waals surface area contributed by atoms with E-state index in [4.69, 9.17) is 5.11 Å². The normalized spacial score (nSPS) is 9.29. The van der Waals surface area contributed by atoms with Crippen LogP contribution in [-0.2, 0) is 0 Å². The van der Waals surface area contributed by atoms with Gasteiger partial charge in [-0.1, -0.05) is 0 Å². The van der Waals surface area contributed by atoms with Gasteiger partial charge in [0.1, 0.15) is 0 Å². The predicted molar refractivity (Wildman–Crippen MR) is 20.3 cm³/mol. The maximum atomic E-state index is 11.6. The molecular weight excluding hydrogens is 99.0 g/mol. The van der Waals surface area contributed by atoms with Crippen molar-refractivity contribution in [3.8, 4) is 5.95 Å². The van der Waals surface area contributed by atoms with E-state index >= 15 is 0 Å². The smallest absolute Gasteiger partial charge is 0.284 e. The Morgan fingerprint density at radius 2 is 2.29 bits per heavy atom. The molecule has 0 aliphatic heterocycles. The maximum Gasteiger partial charge on any atom is 0.284 e. The zero-order valence-electron chi connectivity index (χ0n) is 3.39. The van der Waals surface area contributed by atoms with E-state index in [-0.39, 0.29) is 0 Å². The molecule has 0 radical (unpaired) electrons. The van der Waals surface area contributed by atoms with Gasteiger partial charge < -0.3 is 9.52 Å². The average Bonchev–Trinajstić information content (AvgIpc) is 1.87. The largest absolute Gasteiger partial charge is 0.481 e. The van der Waals surface area contributed by atoms with Crippen LogP contribution in [0.1, 0.15) is 0 Å². The van der Waals surface area contributed by atoms with Crippen LogP contribution in [0.4, 0.5) is 4.39 Å². The first-order chi connectivity index (χ1) is 3.29. The summed E-state index contributed by atoms with van der Waals surface area (Å²) in [7, 11) is 0. The molecule has 0 amide bonds. The van der Waals surface area contributed by atoms with Crippen molar-refractivity contribution in [1.29, 1.82) is 0 Å². The molecule has 0 aliphatic rings. The van der Waals surface area contributed by atoms with E-state index in [9.17, 15) is 4.39 Å². The van der Waals surface area contributed by atoms with Crippen LogP contribution in [0, 0.1) is 6.01 Å². The molecule has 1 aromatic rings. The zero-order valence-corrected chi connectivity index (χ0v) is 3.39. The summed E-state index contributed by atoms with van der Waals surface area (Å²) in [6.07, 6.45) is 0. The summed E-state index contributed by atoms with van der Waals surface area (Å²) in [4.78, 5) is 0. The summed E-state index contributed by atoms with van der Waals surface area (Å²) >= 11 is 0. The van der Waals surface area contributed by atoms with Gasteiger partial charge in [-0.15, -0.1) is 0 Å².